The molecular formula is C16H10F3N3O. The van der Waals surface area contributed by atoms with Gasteiger partial charge >= 0.3 is 0 Å². The molecule has 3 aromatic rings. The number of halogens is 3. The van der Waals surface area contributed by atoms with Crippen LogP contribution in [0.15, 0.2) is 48.8 Å². The largest absolute Gasteiger partial charge is 0.366 e. The standard InChI is InChI=1S/C16H10F3N3O/c17-13-5-4-12(14(18)15(13)19)9-2-1-3-11(6-9)22-8-10(7-21-22)16(20)23/h1-8H,(H2,20,23). The van der Waals surface area contributed by atoms with E-state index in [1.54, 1.807) is 18.2 Å². The van der Waals surface area contributed by atoms with Crippen molar-refractivity contribution in [2.75, 3.05) is 0 Å². The zero-order valence-electron chi connectivity index (χ0n) is 11.6. The third-order valence-electron chi connectivity index (χ3n) is 3.32. The lowest BCUT2D eigenvalue weighted by Crippen LogP contribution is -2.09. The smallest absolute Gasteiger partial charge is 0.251 e. The molecule has 1 heterocycles. The Balaban J connectivity index is 2.06. The molecular weight excluding hydrogens is 307 g/mol. The Morgan fingerprint density at radius 1 is 1.09 bits per heavy atom. The van der Waals surface area contributed by atoms with Gasteiger partial charge in [-0.3, -0.25) is 4.79 Å². The summed E-state index contributed by atoms with van der Waals surface area (Å²) in [6.07, 6.45) is 2.72. The Hall–Kier alpha value is -3.09. The number of hydrogen-bond acceptors (Lipinski definition) is 2. The van der Waals surface area contributed by atoms with Gasteiger partial charge in [-0.2, -0.15) is 5.10 Å². The zero-order valence-corrected chi connectivity index (χ0v) is 11.6. The minimum atomic E-state index is -1.52. The summed E-state index contributed by atoms with van der Waals surface area (Å²) in [6.45, 7) is 0. The summed E-state index contributed by atoms with van der Waals surface area (Å²) in [5.41, 5.74) is 6.15. The molecule has 0 aliphatic heterocycles. The molecule has 2 aromatic carbocycles. The van der Waals surface area contributed by atoms with Crippen LogP contribution >= 0.6 is 0 Å². The van der Waals surface area contributed by atoms with Gasteiger partial charge in [-0.05, 0) is 29.8 Å². The van der Waals surface area contributed by atoms with Crippen LogP contribution in [0.3, 0.4) is 0 Å². The zero-order chi connectivity index (χ0) is 16.6. The Kier molecular flexibility index (Phi) is 3.61. The summed E-state index contributed by atoms with van der Waals surface area (Å²) in [6, 6.07) is 8.38. The molecule has 0 radical (unpaired) electrons. The lowest BCUT2D eigenvalue weighted by Gasteiger charge is -2.07. The highest BCUT2D eigenvalue weighted by atomic mass is 19.2. The fourth-order valence-electron chi connectivity index (χ4n) is 2.16. The molecule has 1 amide bonds. The second-order valence-corrected chi connectivity index (χ2v) is 4.81. The first kappa shape index (κ1) is 14.8. The van der Waals surface area contributed by atoms with E-state index < -0.39 is 23.4 Å². The van der Waals surface area contributed by atoms with Crippen LogP contribution in [0.4, 0.5) is 13.2 Å². The Morgan fingerprint density at radius 3 is 2.57 bits per heavy atom. The van der Waals surface area contributed by atoms with Gasteiger partial charge in [0.15, 0.2) is 17.5 Å². The maximum Gasteiger partial charge on any atom is 0.251 e. The second-order valence-electron chi connectivity index (χ2n) is 4.81. The lowest BCUT2D eigenvalue weighted by molar-refractivity contribution is 0.100. The SMILES string of the molecule is NC(=O)c1cnn(-c2cccc(-c3ccc(F)c(F)c3F)c2)c1. The van der Waals surface area contributed by atoms with Crippen LogP contribution in [0.1, 0.15) is 10.4 Å². The highest BCUT2D eigenvalue weighted by molar-refractivity contribution is 5.92. The van der Waals surface area contributed by atoms with Crippen molar-refractivity contribution >= 4 is 5.91 Å². The van der Waals surface area contributed by atoms with E-state index in [-0.39, 0.29) is 11.1 Å². The molecule has 4 nitrogen and oxygen atoms in total. The number of benzene rings is 2. The number of primary amides is 1. The van der Waals surface area contributed by atoms with Gasteiger partial charge in [-0.15, -0.1) is 0 Å². The number of aromatic nitrogens is 2. The van der Waals surface area contributed by atoms with Gasteiger partial charge in [0.25, 0.3) is 5.91 Å². The Morgan fingerprint density at radius 2 is 1.87 bits per heavy atom. The van der Waals surface area contributed by atoms with Gasteiger partial charge in [-0.1, -0.05) is 12.1 Å². The molecule has 116 valence electrons. The topological polar surface area (TPSA) is 60.9 Å². The van der Waals surface area contributed by atoms with E-state index in [9.17, 15) is 18.0 Å². The number of carbonyl (C=O) groups is 1. The highest BCUT2D eigenvalue weighted by Gasteiger charge is 2.15. The van der Waals surface area contributed by atoms with Gasteiger partial charge in [0.05, 0.1) is 17.4 Å². The maximum absolute atomic E-state index is 13.9. The predicted molar refractivity (Wildman–Crippen MR) is 77.4 cm³/mol. The average molecular weight is 317 g/mol. The summed E-state index contributed by atoms with van der Waals surface area (Å²) in [5.74, 6) is -4.66. The van der Waals surface area contributed by atoms with E-state index in [2.05, 4.69) is 5.10 Å². The molecule has 3 rings (SSSR count). The van der Waals surface area contributed by atoms with Crippen LogP contribution < -0.4 is 5.73 Å². The van der Waals surface area contributed by atoms with E-state index in [1.807, 2.05) is 0 Å². The lowest BCUT2D eigenvalue weighted by atomic mass is 10.0. The van der Waals surface area contributed by atoms with Gasteiger partial charge in [0.2, 0.25) is 0 Å². The third kappa shape index (κ3) is 2.68. The normalized spacial score (nSPS) is 10.7. The molecule has 0 saturated heterocycles. The summed E-state index contributed by atoms with van der Waals surface area (Å²) < 4.78 is 41.7. The number of rotatable bonds is 3. The van der Waals surface area contributed by atoms with Crippen molar-refractivity contribution in [3.63, 3.8) is 0 Å². The van der Waals surface area contributed by atoms with Crippen molar-refractivity contribution in [3.8, 4) is 16.8 Å². The number of carbonyl (C=O) groups excluding carboxylic acids is 1. The van der Waals surface area contributed by atoms with Crippen LogP contribution in [0.2, 0.25) is 0 Å². The fourth-order valence-corrected chi connectivity index (χ4v) is 2.16. The number of hydrogen-bond donors (Lipinski definition) is 1. The van der Waals surface area contributed by atoms with Crippen molar-refractivity contribution < 1.29 is 18.0 Å². The quantitative estimate of drug-likeness (QED) is 0.755. The Bertz CT molecular complexity index is 905. The maximum atomic E-state index is 13.9. The second kappa shape index (κ2) is 5.60. The molecule has 2 N–H and O–H groups in total. The van der Waals surface area contributed by atoms with Crippen molar-refractivity contribution in [2.24, 2.45) is 5.73 Å². The molecule has 0 aliphatic rings. The monoisotopic (exact) mass is 317 g/mol. The van der Waals surface area contributed by atoms with Crippen LogP contribution in [-0.2, 0) is 0 Å². The van der Waals surface area contributed by atoms with Crippen molar-refractivity contribution in [1.82, 2.24) is 9.78 Å². The summed E-state index contributed by atoms with van der Waals surface area (Å²) in [5, 5.41) is 3.98. The molecule has 0 atom stereocenters. The Labute approximate surface area is 129 Å². The van der Waals surface area contributed by atoms with Gasteiger partial charge in [-0.25, -0.2) is 17.9 Å². The number of amides is 1. The molecule has 0 unspecified atom stereocenters. The number of nitrogens with two attached hydrogens (primary N) is 1. The first-order valence-electron chi connectivity index (χ1n) is 6.56. The molecule has 0 aliphatic carbocycles. The van der Waals surface area contributed by atoms with Crippen LogP contribution in [0, 0.1) is 17.5 Å². The predicted octanol–water partition coefficient (Wildman–Crippen LogP) is 3.06. The van der Waals surface area contributed by atoms with Gasteiger partial charge in [0, 0.05) is 11.8 Å². The molecule has 0 bridgehead atoms. The van der Waals surface area contributed by atoms with E-state index in [0.717, 1.165) is 12.1 Å². The third-order valence-corrected chi connectivity index (χ3v) is 3.32. The van der Waals surface area contributed by atoms with Gasteiger partial charge < -0.3 is 5.73 Å². The molecule has 0 spiro atoms. The number of nitrogens with zero attached hydrogens (tertiary/aromatic N) is 2. The van der Waals surface area contributed by atoms with Crippen LogP contribution in [-0.4, -0.2) is 15.7 Å². The first-order chi connectivity index (χ1) is 11.0. The first-order valence-corrected chi connectivity index (χ1v) is 6.56. The molecule has 7 heteroatoms. The molecule has 1 aromatic heterocycles. The molecule has 23 heavy (non-hydrogen) atoms. The summed E-state index contributed by atoms with van der Waals surface area (Å²) >= 11 is 0. The minimum Gasteiger partial charge on any atom is -0.366 e. The van der Waals surface area contributed by atoms with Crippen molar-refractivity contribution in [3.05, 3.63) is 71.8 Å². The van der Waals surface area contributed by atoms with E-state index in [4.69, 9.17) is 5.73 Å². The van der Waals surface area contributed by atoms with E-state index in [1.165, 1.54) is 23.1 Å². The molecule has 0 saturated carbocycles. The molecule has 0 fully saturated rings. The minimum absolute atomic E-state index is 0.0759. The fraction of sp³-hybridized carbons (Fsp3) is 0. The van der Waals surface area contributed by atoms with E-state index >= 15 is 0 Å². The van der Waals surface area contributed by atoms with Crippen molar-refractivity contribution in [1.29, 1.82) is 0 Å². The van der Waals surface area contributed by atoms with Crippen molar-refractivity contribution in [2.45, 2.75) is 0 Å². The van der Waals surface area contributed by atoms with Crippen LogP contribution in [0.5, 0.6) is 0 Å². The summed E-state index contributed by atoms with van der Waals surface area (Å²) in [7, 11) is 0. The average Bonchev–Trinajstić information content (AvgIpc) is 3.03. The summed E-state index contributed by atoms with van der Waals surface area (Å²) in [4.78, 5) is 11.1. The van der Waals surface area contributed by atoms with E-state index in [0.29, 0.717) is 11.3 Å². The highest BCUT2D eigenvalue weighted by Crippen LogP contribution is 2.27. The van der Waals surface area contributed by atoms with Gasteiger partial charge in [0.1, 0.15) is 0 Å². The van der Waals surface area contributed by atoms with Crippen LogP contribution in [0.25, 0.3) is 16.8 Å².